The molecule has 112 valence electrons. The first-order chi connectivity index (χ1) is 10.1. The van der Waals surface area contributed by atoms with Gasteiger partial charge in [0.25, 0.3) is 0 Å². The van der Waals surface area contributed by atoms with E-state index in [1.54, 1.807) is 0 Å². The Bertz CT molecular complexity index is 525. The van der Waals surface area contributed by atoms with E-state index >= 15 is 0 Å². The zero-order valence-electron chi connectivity index (χ0n) is 12.8. The fraction of sp³-hybridized carbons (Fsp3) is 0.632. The van der Waals surface area contributed by atoms with E-state index in [2.05, 4.69) is 0 Å². The Kier molecular flexibility index (Phi) is 3.09. The lowest BCUT2D eigenvalue weighted by Gasteiger charge is -2.56. The molecule has 4 saturated carbocycles. The largest absolute Gasteiger partial charge is 0.462 e. The third kappa shape index (κ3) is 2.49. The highest BCUT2D eigenvalue weighted by Crippen LogP contribution is 2.60. The van der Waals surface area contributed by atoms with Crippen molar-refractivity contribution >= 4 is 5.97 Å². The number of hydrogen-bond acceptors (Lipinski definition) is 2. The van der Waals surface area contributed by atoms with Gasteiger partial charge in [0, 0.05) is 5.41 Å². The van der Waals surface area contributed by atoms with Crippen LogP contribution in [0.4, 0.5) is 0 Å². The Hall–Kier alpha value is -1.31. The van der Waals surface area contributed by atoms with Gasteiger partial charge in [-0.25, -0.2) is 4.79 Å². The summed E-state index contributed by atoms with van der Waals surface area (Å²) < 4.78 is 5.73. The summed E-state index contributed by atoms with van der Waals surface area (Å²) in [5, 5.41) is 0. The lowest BCUT2D eigenvalue weighted by molar-refractivity contribution is -0.0848. The van der Waals surface area contributed by atoms with Gasteiger partial charge in [-0.1, -0.05) is 17.7 Å². The highest BCUT2D eigenvalue weighted by Gasteiger charge is 2.51. The van der Waals surface area contributed by atoms with Crippen molar-refractivity contribution in [2.24, 2.45) is 23.2 Å². The molecule has 0 saturated heterocycles. The number of ether oxygens (including phenoxy) is 1. The molecule has 0 atom stereocenters. The molecule has 4 aliphatic rings. The van der Waals surface area contributed by atoms with Gasteiger partial charge in [-0.05, 0) is 75.3 Å². The number of carbonyl (C=O) groups is 1. The van der Waals surface area contributed by atoms with Crippen LogP contribution in [0.25, 0.3) is 0 Å². The summed E-state index contributed by atoms with van der Waals surface area (Å²) in [6, 6.07) is 7.71. The van der Waals surface area contributed by atoms with Crippen LogP contribution in [-0.2, 0) is 4.74 Å². The number of benzene rings is 1. The predicted octanol–water partition coefficient (Wildman–Crippen LogP) is 4.37. The number of hydrogen-bond donors (Lipinski definition) is 0. The summed E-state index contributed by atoms with van der Waals surface area (Å²) in [5.74, 6) is 2.59. The van der Waals surface area contributed by atoms with Crippen LogP contribution in [0.5, 0.6) is 0 Å². The number of rotatable bonds is 3. The highest BCUT2D eigenvalue weighted by atomic mass is 16.5. The molecule has 0 radical (unpaired) electrons. The fourth-order valence-corrected chi connectivity index (χ4v) is 5.54. The molecule has 2 heteroatoms. The van der Waals surface area contributed by atoms with Gasteiger partial charge < -0.3 is 4.74 Å². The minimum atomic E-state index is -0.144. The van der Waals surface area contributed by atoms with Gasteiger partial charge in [0.05, 0.1) is 12.2 Å². The molecule has 0 amide bonds. The van der Waals surface area contributed by atoms with E-state index < -0.39 is 0 Å². The van der Waals surface area contributed by atoms with Gasteiger partial charge in [0.1, 0.15) is 0 Å². The van der Waals surface area contributed by atoms with Gasteiger partial charge in [-0.3, -0.25) is 0 Å². The van der Waals surface area contributed by atoms with Gasteiger partial charge in [-0.15, -0.1) is 0 Å². The molecule has 4 fully saturated rings. The monoisotopic (exact) mass is 284 g/mol. The number of esters is 1. The van der Waals surface area contributed by atoms with Crippen LogP contribution in [-0.4, -0.2) is 12.6 Å². The average molecular weight is 284 g/mol. The highest BCUT2D eigenvalue weighted by molar-refractivity contribution is 5.89. The van der Waals surface area contributed by atoms with Crippen molar-refractivity contribution in [2.75, 3.05) is 6.61 Å². The molecule has 0 aromatic heterocycles. The fourth-order valence-electron chi connectivity index (χ4n) is 5.54. The second kappa shape index (κ2) is 4.86. The Balaban J connectivity index is 1.44. The van der Waals surface area contributed by atoms with E-state index in [1.165, 1.54) is 38.5 Å². The second-order valence-electron chi connectivity index (χ2n) is 7.86. The third-order valence-electron chi connectivity index (χ3n) is 5.93. The molecular formula is C19H24O2. The van der Waals surface area contributed by atoms with Crippen LogP contribution in [0, 0.1) is 30.1 Å². The summed E-state index contributed by atoms with van der Waals surface area (Å²) in [4.78, 5) is 12.3. The summed E-state index contributed by atoms with van der Waals surface area (Å²) >= 11 is 0. The van der Waals surface area contributed by atoms with Gasteiger partial charge >= 0.3 is 5.97 Å². The maximum Gasteiger partial charge on any atom is 0.338 e. The molecule has 0 spiro atoms. The quantitative estimate of drug-likeness (QED) is 0.770. The van der Waals surface area contributed by atoms with Crippen molar-refractivity contribution < 1.29 is 9.53 Å². The van der Waals surface area contributed by atoms with Crippen LogP contribution >= 0.6 is 0 Å². The molecule has 4 aliphatic carbocycles. The molecule has 5 rings (SSSR count). The predicted molar refractivity (Wildman–Crippen MR) is 82.1 cm³/mol. The van der Waals surface area contributed by atoms with Crippen LogP contribution in [0.2, 0.25) is 0 Å². The van der Waals surface area contributed by atoms with Crippen LogP contribution < -0.4 is 0 Å². The zero-order chi connectivity index (χ0) is 14.4. The number of aryl methyl sites for hydroxylation is 1. The summed E-state index contributed by atoms with van der Waals surface area (Å²) in [6.07, 6.45) is 8.18. The van der Waals surface area contributed by atoms with E-state index in [0.717, 1.165) is 23.3 Å². The first-order valence-electron chi connectivity index (χ1n) is 8.36. The molecule has 4 bridgehead atoms. The van der Waals surface area contributed by atoms with Gasteiger partial charge in [0.2, 0.25) is 0 Å². The molecule has 0 N–H and O–H groups in total. The average Bonchev–Trinajstić information content (AvgIpc) is 2.43. The van der Waals surface area contributed by atoms with Crippen LogP contribution in [0.3, 0.4) is 0 Å². The smallest absolute Gasteiger partial charge is 0.338 e. The lowest BCUT2D eigenvalue weighted by atomic mass is 9.50. The first kappa shape index (κ1) is 13.4. The van der Waals surface area contributed by atoms with E-state index in [-0.39, 0.29) is 5.97 Å². The Morgan fingerprint density at radius 3 is 2.33 bits per heavy atom. The van der Waals surface area contributed by atoms with Crippen molar-refractivity contribution in [3.8, 4) is 0 Å². The lowest BCUT2D eigenvalue weighted by Crippen LogP contribution is -2.48. The molecule has 1 aromatic carbocycles. The summed E-state index contributed by atoms with van der Waals surface area (Å²) in [6.45, 7) is 2.65. The maximum absolute atomic E-state index is 12.3. The van der Waals surface area contributed by atoms with Gasteiger partial charge in [-0.2, -0.15) is 0 Å². The van der Waals surface area contributed by atoms with Crippen molar-refractivity contribution in [3.05, 3.63) is 35.4 Å². The van der Waals surface area contributed by atoms with E-state index in [9.17, 15) is 4.79 Å². The summed E-state index contributed by atoms with van der Waals surface area (Å²) in [7, 11) is 0. The number of carbonyl (C=O) groups excluding carboxylic acids is 1. The van der Waals surface area contributed by atoms with E-state index in [0.29, 0.717) is 17.6 Å². The van der Waals surface area contributed by atoms with E-state index in [1.807, 2.05) is 31.2 Å². The minimum Gasteiger partial charge on any atom is -0.462 e. The molecule has 21 heavy (non-hydrogen) atoms. The molecule has 0 heterocycles. The topological polar surface area (TPSA) is 26.3 Å². The first-order valence-corrected chi connectivity index (χ1v) is 8.36. The normalized spacial score (nSPS) is 36.7. The van der Waals surface area contributed by atoms with E-state index in [4.69, 9.17) is 4.74 Å². The Labute approximate surface area is 126 Å². The van der Waals surface area contributed by atoms with Crippen molar-refractivity contribution in [2.45, 2.75) is 45.4 Å². The van der Waals surface area contributed by atoms with Gasteiger partial charge in [0.15, 0.2) is 0 Å². The van der Waals surface area contributed by atoms with Crippen LogP contribution in [0.1, 0.15) is 54.4 Å². The Morgan fingerprint density at radius 2 is 1.76 bits per heavy atom. The standard InChI is InChI=1S/C19H24O2/c1-13-3-2-4-17(5-13)18(20)21-12-19-9-14-6-15(10-19)8-16(7-14)11-19/h2-5,14-16H,6-12H2,1H3. The molecule has 2 nitrogen and oxygen atoms in total. The minimum absolute atomic E-state index is 0.144. The zero-order valence-corrected chi connectivity index (χ0v) is 12.8. The van der Waals surface area contributed by atoms with Crippen molar-refractivity contribution in [1.29, 1.82) is 0 Å². The maximum atomic E-state index is 12.3. The molecule has 0 aliphatic heterocycles. The molecule has 0 unspecified atom stereocenters. The molecular weight excluding hydrogens is 260 g/mol. The summed E-state index contributed by atoms with van der Waals surface area (Å²) in [5.41, 5.74) is 2.12. The SMILES string of the molecule is Cc1cccc(C(=O)OCC23CC4CC(CC(C4)C2)C3)c1. The Morgan fingerprint density at radius 1 is 1.14 bits per heavy atom. The third-order valence-corrected chi connectivity index (χ3v) is 5.93. The molecule has 1 aromatic rings. The van der Waals surface area contributed by atoms with Crippen molar-refractivity contribution in [3.63, 3.8) is 0 Å². The van der Waals surface area contributed by atoms with Crippen molar-refractivity contribution in [1.82, 2.24) is 0 Å². The van der Waals surface area contributed by atoms with Crippen LogP contribution in [0.15, 0.2) is 24.3 Å². The second-order valence-corrected chi connectivity index (χ2v) is 7.86.